The van der Waals surface area contributed by atoms with Crippen LogP contribution in [-0.2, 0) is 16.6 Å². The van der Waals surface area contributed by atoms with Crippen LogP contribution in [0.2, 0.25) is 0 Å². The number of aliphatic hydroxyl groups is 1. The molecule has 0 radical (unpaired) electrons. The normalized spacial score (nSPS) is 21.4. The van der Waals surface area contributed by atoms with Crippen molar-refractivity contribution in [2.75, 3.05) is 13.1 Å². The average molecular weight is 344 g/mol. The van der Waals surface area contributed by atoms with Crippen molar-refractivity contribution in [3.63, 3.8) is 0 Å². The molecule has 134 valence electrons. The second kappa shape index (κ2) is 6.72. The van der Waals surface area contributed by atoms with E-state index in [4.69, 9.17) is 0 Å². The highest BCUT2D eigenvalue weighted by Crippen LogP contribution is 2.32. The summed E-state index contributed by atoms with van der Waals surface area (Å²) in [5.41, 5.74) is -2.15. The highest BCUT2D eigenvalue weighted by atomic mass is 19.4. The van der Waals surface area contributed by atoms with E-state index in [2.05, 4.69) is 5.32 Å². The lowest BCUT2D eigenvalue weighted by atomic mass is 9.94. The van der Waals surface area contributed by atoms with Crippen molar-refractivity contribution in [2.24, 2.45) is 0 Å². The highest BCUT2D eigenvalue weighted by molar-refractivity contribution is 5.84. The molecule has 1 amide bonds. The molecule has 0 saturated carbocycles. The van der Waals surface area contributed by atoms with Crippen molar-refractivity contribution < 1.29 is 23.1 Å². The third kappa shape index (κ3) is 4.08. The van der Waals surface area contributed by atoms with Crippen LogP contribution in [-0.4, -0.2) is 41.1 Å². The van der Waals surface area contributed by atoms with Crippen molar-refractivity contribution in [3.8, 4) is 0 Å². The number of nitrogens with zero attached hydrogens (tertiary/aromatic N) is 1. The number of nitrogens with one attached hydrogen (secondary N) is 1. The van der Waals surface area contributed by atoms with Gasteiger partial charge in [0, 0.05) is 19.1 Å². The molecular weight excluding hydrogens is 321 g/mol. The molecule has 2 atom stereocenters. The number of carbonyl (C=O) groups is 1. The predicted octanol–water partition coefficient (Wildman–Crippen LogP) is 2.51. The zero-order valence-corrected chi connectivity index (χ0v) is 14.0. The van der Waals surface area contributed by atoms with Crippen molar-refractivity contribution in [3.05, 3.63) is 35.4 Å². The third-order valence-electron chi connectivity index (χ3n) is 4.37. The van der Waals surface area contributed by atoms with Gasteiger partial charge in [0.05, 0.1) is 17.2 Å². The number of amides is 1. The van der Waals surface area contributed by atoms with Gasteiger partial charge in [-0.1, -0.05) is 12.1 Å². The lowest BCUT2D eigenvalue weighted by Gasteiger charge is -2.27. The lowest BCUT2D eigenvalue weighted by Crippen LogP contribution is -2.45. The van der Waals surface area contributed by atoms with Crippen LogP contribution in [0.15, 0.2) is 24.3 Å². The van der Waals surface area contributed by atoms with Crippen LogP contribution in [0.3, 0.4) is 0 Å². The standard InChI is InChI=1S/C17H23F3N2O2/c1-11(2)22-8-7-14(15(22)23)21-10-16(3,24)12-5-4-6-13(9-12)17(18,19)20/h4-6,9,11,14,21,24H,7-8,10H2,1-3H3. The van der Waals surface area contributed by atoms with Crippen LogP contribution in [0.4, 0.5) is 13.2 Å². The number of likely N-dealkylation sites (tertiary alicyclic amines) is 1. The predicted molar refractivity (Wildman–Crippen MR) is 84.3 cm³/mol. The number of halogens is 3. The zero-order valence-electron chi connectivity index (χ0n) is 14.0. The summed E-state index contributed by atoms with van der Waals surface area (Å²) in [5.74, 6) is -0.0372. The Morgan fingerprint density at radius 2 is 1.96 bits per heavy atom. The molecule has 0 bridgehead atoms. The summed E-state index contributed by atoms with van der Waals surface area (Å²) in [5, 5.41) is 13.5. The first-order valence-electron chi connectivity index (χ1n) is 7.96. The molecule has 0 aromatic heterocycles. The van der Waals surface area contributed by atoms with E-state index < -0.39 is 23.4 Å². The van der Waals surface area contributed by atoms with Gasteiger partial charge < -0.3 is 15.3 Å². The fraction of sp³-hybridized carbons (Fsp3) is 0.588. The van der Waals surface area contributed by atoms with E-state index >= 15 is 0 Å². The van der Waals surface area contributed by atoms with E-state index in [1.165, 1.54) is 19.1 Å². The first-order chi connectivity index (χ1) is 11.0. The van der Waals surface area contributed by atoms with Crippen molar-refractivity contribution in [1.82, 2.24) is 10.2 Å². The molecule has 1 heterocycles. The van der Waals surface area contributed by atoms with Gasteiger partial charge in [0.2, 0.25) is 5.91 Å². The van der Waals surface area contributed by atoms with E-state index in [-0.39, 0.29) is 24.1 Å². The summed E-state index contributed by atoms with van der Waals surface area (Å²) in [6.07, 6.45) is -3.84. The topological polar surface area (TPSA) is 52.6 Å². The first-order valence-corrected chi connectivity index (χ1v) is 7.96. The van der Waals surface area contributed by atoms with Gasteiger partial charge in [0.25, 0.3) is 0 Å². The Kier molecular flexibility index (Phi) is 5.25. The molecule has 24 heavy (non-hydrogen) atoms. The van der Waals surface area contributed by atoms with Crippen molar-refractivity contribution in [2.45, 2.75) is 51.1 Å². The molecule has 0 spiro atoms. The van der Waals surface area contributed by atoms with E-state index in [9.17, 15) is 23.1 Å². The second-order valence-corrected chi connectivity index (χ2v) is 6.70. The maximum Gasteiger partial charge on any atom is 0.416 e. The summed E-state index contributed by atoms with van der Waals surface area (Å²) in [6.45, 7) is 5.93. The van der Waals surface area contributed by atoms with Gasteiger partial charge in [0.15, 0.2) is 0 Å². The van der Waals surface area contributed by atoms with Gasteiger partial charge >= 0.3 is 6.18 Å². The highest BCUT2D eigenvalue weighted by Gasteiger charge is 2.36. The van der Waals surface area contributed by atoms with Gasteiger partial charge in [0.1, 0.15) is 0 Å². The molecule has 1 aliphatic heterocycles. The van der Waals surface area contributed by atoms with Gasteiger partial charge in [-0.15, -0.1) is 0 Å². The molecule has 1 aliphatic rings. The Morgan fingerprint density at radius 3 is 2.50 bits per heavy atom. The zero-order chi connectivity index (χ0) is 18.1. The molecule has 1 aromatic carbocycles. The molecule has 1 saturated heterocycles. The fourth-order valence-electron chi connectivity index (χ4n) is 2.86. The van der Waals surface area contributed by atoms with Gasteiger partial charge in [-0.25, -0.2) is 0 Å². The molecular formula is C17H23F3N2O2. The monoisotopic (exact) mass is 344 g/mol. The van der Waals surface area contributed by atoms with E-state index in [1.807, 2.05) is 13.8 Å². The van der Waals surface area contributed by atoms with E-state index in [0.717, 1.165) is 12.1 Å². The number of benzene rings is 1. The van der Waals surface area contributed by atoms with Gasteiger partial charge in [-0.3, -0.25) is 4.79 Å². The summed E-state index contributed by atoms with van der Waals surface area (Å²) < 4.78 is 38.4. The average Bonchev–Trinajstić information content (AvgIpc) is 2.86. The van der Waals surface area contributed by atoms with E-state index in [1.54, 1.807) is 4.90 Å². The smallest absolute Gasteiger partial charge is 0.384 e. The van der Waals surface area contributed by atoms with E-state index in [0.29, 0.717) is 13.0 Å². The van der Waals surface area contributed by atoms with Crippen molar-refractivity contribution >= 4 is 5.91 Å². The number of hydrogen-bond donors (Lipinski definition) is 2. The lowest BCUT2D eigenvalue weighted by molar-refractivity contribution is -0.137. The maximum absolute atomic E-state index is 12.8. The Labute approximate surface area is 139 Å². The maximum atomic E-state index is 12.8. The van der Waals surface area contributed by atoms with Crippen LogP contribution < -0.4 is 5.32 Å². The Morgan fingerprint density at radius 1 is 1.33 bits per heavy atom. The Balaban J connectivity index is 2.06. The second-order valence-electron chi connectivity index (χ2n) is 6.70. The van der Waals surface area contributed by atoms with Crippen molar-refractivity contribution in [1.29, 1.82) is 0 Å². The quantitative estimate of drug-likeness (QED) is 0.863. The SMILES string of the molecule is CC(C)N1CCC(NCC(C)(O)c2cccc(C(F)(F)F)c2)C1=O. The minimum atomic E-state index is -4.46. The molecule has 2 unspecified atom stereocenters. The van der Waals surface area contributed by atoms with Crippen LogP contribution in [0.5, 0.6) is 0 Å². The minimum absolute atomic E-state index is 0.00332. The van der Waals surface area contributed by atoms with Crippen LogP contribution in [0.1, 0.15) is 38.3 Å². The van der Waals surface area contributed by atoms with Crippen LogP contribution in [0.25, 0.3) is 0 Å². The minimum Gasteiger partial charge on any atom is -0.384 e. The first kappa shape index (κ1) is 18.7. The van der Waals surface area contributed by atoms with Crippen LogP contribution >= 0.6 is 0 Å². The molecule has 2 rings (SSSR count). The van der Waals surface area contributed by atoms with Gasteiger partial charge in [-0.2, -0.15) is 13.2 Å². The molecule has 0 aliphatic carbocycles. The molecule has 7 heteroatoms. The Hall–Kier alpha value is -1.60. The molecule has 1 aromatic rings. The number of hydrogen-bond acceptors (Lipinski definition) is 3. The largest absolute Gasteiger partial charge is 0.416 e. The third-order valence-corrected chi connectivity index (χ3v) is 4.37. The number of rotatable bonds is 5. The summed E-state index contributed by atoms with van der Waals surface area (Å²) in [4.78, 5) is 14.0. The molecule has 1 fully saturated rings. The van der Waals surface area contributed by atoms with Crippen LogP contribution in [0, 0.1) is 0 Å². The summed E-state index contributed by atoms with van der Waals surface area (Å²) in [6, 6.07) is 4.33. The number of carbonyl (C=O) groups excluding carboxylic acids is 1. The fourth-order valence-corrected chi connectivity index (χ4v) is 2.86. The molecule has 2 N–H and O–H groups in total. The summed E-state index contributed by atoms with van der Waals surface area (Å²) >= 11 is 0. The summed E-state index contributed by atoms with van der Waals surface area (Å²) in [7, 11) is 0. The number of alkyl halides is 3. The Bertz CT molecular complexity index is 600. The molecule has 4 nitrogen and oxygen atoms in total. The van der Waals surface area contributed by atoms with Gasteiger partial charge in [-0.05, 0) is 44.9 Å².